The molecule has 7 nitrogen and oxygen atoms in total. The number of hydrogen-bond acceptors (Lipinski definition) is 5. The van der Waals surface area contributed by atoms with Gasteiger partial charge in [0, 0.05) is 19.6 Å². The number of aromatic nitrogens is 4. The Morgan fingerprint density at radius 2 is 2.17 bits per heavy atom. The van der Waals surface area contributed by atoms with Gasteiger partial charge in [-0.15, -0.1) is 5.10 Å². The Balaban J connectivity index is 1.42. The minimum atomic E-state index is -0.0440. The molecule has 0 radical (unpaired) electrons. The van der Waals surface area contributed by atoms with Gasteiger partial charge in [0.25, 0.3) is 0 Å². The van der Waals surface area contributed by atoms with E-state index in [2.05, 4.69) is 50.0 Å². The zero-order valence-corrected chi connectivity index (χ0v) is 13.1. The van der Waals surface area contributed by atoms with Crippen LogP contribution in [0.4, 0.5) is 0 Å². The van der Waals surface area contributed by atoms with Crippen LogP contribution in [0.3, 0.4) is 0 Å². The van der Waals surface area contributed by atoms with Crippen molar-refractivity contribution < 1.29 is 4.79 Å². The third-order valence-corrected chi connectivity index (χ3v) is 4.14. The lowest BCUT2D eigenvalue weighted by Crippen LogP contribution is -2.41. The number of rotatable bonds is 6. The van der Waals surface area contributed by atoms with Crippen LogP contribution in [0.5, 0.6) is 0 Å². The fourth-order valence-electron chi connectivity index (χ4n) is 3.02. The van der Waals surface area contributed by atoms with Crippen LogP contribution in [-0.2, 0) is 17.9 Å². The van der Waals surface area contributed by atoms with Gasteiger partial charge in [-0.25, -0.2) is 4.68 Å². The maximum atomic E-state index is 11.9. The van der Waals surface area contributed by atoms with Crippen LogP contribution in [0.2, 0.25) is 0 Å². The lowest BCUT2D eigenvalue weighted by molar-refractivity contribution is -0.122. The standard InChI is InChI=1S/C16H22N6O/c23-16(12-22-13-18-19-20-22)17-9-15-7-4-8-21(11-15)10-14-5-2-1-3-6-14/h1-3,5-6,13,15H,4,7-12H2,(H,17,23)/t15-/m1/s1. The molecule has 1 aliphatic heterocycles. The first-order valence-corrected chi connectivity index (χ1v) is 8.03. The summed E-state index contributed by atoms with van der Waals surface area (Å²) in [6, 6.07) is 10.5. The number of carbonyl (C=O) groups is 1. The van der Waals surface area contributed by atoms with E-state index in [9.17, 15) is 4.79 Å². The van der Waals surface area contributed by atoms with E-state index < -0.39 is 0 Å². The second kappa shape index (κ2) is 7.82. The molecule has 0 unspecified atom stereocenters. The summed E-state index contributed by atoms with van der Waals surface area (Å²) in [6.07, 6.45) is 3.79. The molecule has 0 aliphatic carbocycles. The summed E-state index contributed by atoms with van der Waals surface area (Å²) in [5, 5.41) is 13.7. The molecule has 1 aromatic carbocycles. The lowest BCUT2D eigenvalue weighted by atomic mass is 9.97. The summed E-state index contributed by atoms with van der Waals surface area (Å²) in [5.74, 6) is 0.461. The maximum absolute atomic E-state index is 11.9. The fourth-order valence-corrected chi connectivity index (χ4v) is 3.02. The molecule has 2 heterocycles. The first kappa shape index (κ1) is 15.6. The summed E-state index contributed by atoms with van der Waals surface area (Å²) < 4.78 is 1.43. The molecule has 0 spiro atoms. The van der Waals surface area contributed by atoms with Crippen LogP contribution >= 0.6 is 0 Å². The summed E-state index contributed by atoms with van der Waals surface area (Å²) >= 11 is 0. The van der Waals surface area contributed by atoms with Gasteiger partial charge in [0.05, 0.1) is 0 Å². The zero-order valence-electron chi connectivity index (χ0n) is 13.1. The highest BCUT2D eigenvalue weighted by atomic mass is 16.2. The van der Waals surface area contributed by atoms with Gasteiger partial charge in [0.2, 0.25) is 5.91 Å². The smallest absolute Gasteiger partial charge is 0.241 e. The zero-order chi connectivity index (χ0) is 15.9. The molecular weight excluding hydrogens is 292 g/mol. The molecular formula is C16H22N6O. The molecule has 1 fully saturated rings. The number of piperidine rings is 1. The number of likely N-dealkylation sites (tertiary alicyclic amines) is 1. The number of tetrazole rings is 1. The van der Waals surface area contributed by atoms with Gasteiger partial charge in [0.15, 0.2) is 0 Å². The SMILES string of the molecule is O=C(Cn1cnnn1)NC[C@H]1CCCN(Cc2ccccc2)C1. The lowest BCUT2D eigenvalue weighted by Gasteiger charge is -2.32. The number of nitrogens with zero attached hydrogens (tertiary/aromatic N) is 5. The Morgan fingerprint density at radius 1 is 1.30 bits per heavy atom. The average Bonchev–Trinajstić information content (AvgIpc) is 3.07. The van der Waals surface area contributed by atoms with Gasteiger partial charge in [-0.05, 0) is 41.3 Å². The number of carbonyl (C=O) groups excluding carboxylic acids is 1. The Bertz CT molecular complexity index is 600. The normalized spacial score (nSPS) is 18.7. The third-order valence-electron chi connectivity index (χ3n) is 4.14. The van der Waals surface area contributed by atoms with Gasteiger partial charge in [-0.1, -0.05) is 30.3 Å². The van der Waals surface area contributed by atoms with Crippen LogP contribution in [0, 0.1) is 5.92 Å². The van der Waals surface area contributed by atoms with E-state index in [1.807, 2.05) is 6.07 Å². The topological polar surface area (TPSA) is 75.9 Å². The van der Waals surface area contributed by atoms with Crippen molar-refractivity contribution in [3.63, 3.8) is 0 Å². The van der Waals surface area contributed by atoms with Crippen molar-refractivity contribution in [1.29, 1.82) is 0 Å². The van der Waals surface area contributed by atoms with Crippen LogP contribution in [0.15, 0.2) is 36.7 Å². The van der Waals surface area contributed by atoms with Gasteiger partial charge in [0.1, 0.15) is 12.9 Å². The van der Waals surface area contributed by atoms with Gasteiger partial charge < -0.3 is 5.32 Å². The Kier molecular flexibility index (Phi) is 5.31. The molecule has 1 aromatic heterocycles. The highest BCUT2D eigenvalue weighted by molar-refractivity contribution is 5.75. The average molecular weight is 314 g/mol. The van der Waals surface area contributed by atoms with Crippen molar-refractivity contribution in [3.05, 3.63) is 42.2 Å². The fraction of sp³-hybridized carbons (Fsp3) is 0.500. The molecule has 1 N–H and O–H groups in total. The number of nitrogens with one attached hydrogen (secondary N) is 1. The summed E-state index contributed by atoms with van der Waals surface area (Å²) in [7, 11) is 0. The third kappa shape index (κ3) is 4.85. The quantitative estimate of drug-likeness (QED) is 0.849. The monoisotopic (exact) mass is 314 g/mol. The first-order valence-electron chi connectivity index (χ1n) is 8.03. The summed E-state index contributed by atoms with van der Waals surface area (Å²) in [5.41, 5.74) is 1.34. The molecule has 1 amide bonds. The predicted octanol–water partition coefficient (Wildman–Crippen LogP) is 0.702. The molecule has 7 heteroatoms. The Morgan fingerprint density at radius 3 is 2.96 bits per heavy atom. The van der Waals surface area contributed by atoms with Gasteiger partial charge >= 0.3 is 0 Å². The molecule has 122 valence electrons. The highest BCUT2D eigenvalue weighted by Gasteiger charge is 2.20. The second-order valence-corrected chi connectivity index (χ2v) is 6.04. The van der Waals surface area contributed by atoms with Crippen molar-refractivity contribution in [2.75, 3.05) is 19.6 Å². The van der Waals surface area contributed by atoms with Crippen molar-refractivity contribution in [3.8, 4) is 0 Å². The number of benzene rings is 1. The van der Waals surface area contributed by atoms with E-state index in [0.29, 0.717) is 12.5 Å². The van der Waals surface area contributed by atoms with Crippen LogP contribution in [-0.4, -0.2) is 50.6 Å². The van der Waals surface area contributed by atoms with E-state index in [1.54, 1.807) is 0 Å². The van der Waals surface area contributed by atoms with E-state index in [4.69, 9.17) is 0 Å². The molecule has 1 atom stereocenters. The Labute approximate surface area is 135 Å². The van der Waals surface area contributed by atoms with E-state index >= 15 is 0 Å². The number of amides is 1. The van der Waals surface area contributed by atoms with Gasteiger partial charge in [-0.2, -0.15) is 0 Å². The molecule has 0 saturated carbocycles. The van der Waals surface area contributed by atoms with Crippen molar-refractivity contribution >= 4 is 5.91 Å². The molecule has 23 heavy (non-hydrogen) atoms. The molecule has 1 aliphatic rings. The van der Waals surface area contributed by atoms with Crippen LogP contribution < -0.4 is 5.32 Å². The van der Waals surface area contributed by atoms with E-state index in [-0.39, 0.29) is 12.5 Å². The van der Waals surface area contributed by atoms with Gasteiger partial charge in [-0.3, -0.25) is 9.69 Å². The van der Waals surface area contributed by atoms with E-state index in [0.717, 1.165) is 26.1 Å². The maximum Gasteiger partial charge on any atom is 0.241 e. The molecule has 0 bridgehead atoms. The first-order chi connectivity index (χ1) is 11.3. The molecule has 3 rings (SSSR count). The minimum absolute atomic E-state index is 0.0440. The molecule has 1 saturated heterocycles. The van der Waals surface area contributed by atoms with Crippen molar-refractivity contribution in [2.24, 2.45) is 5.92 Å². The van der Waals surface area contributed by atoms with Crippen molar-refractivity contribution in [2.45, 2.75) is 25.9 Å². The van der Waals surface area contributed by atoms with E-state index in [1.165, 1.54) is 23.0 Å². The largest absolute Gasteiger partial charge is 0.354 e. The van der Waals surface area contributed by atoms with Crippen LogP contribution in [0.1, 0.15) is 18.4 Å². The summed E-state index contributed by atoms with van der Waals surface area (Å²) in [6.45, 7) is 4.03. The molecule has 2 aromatic rings. The Hall–Kier alpha value is -2.28. The minimum Gasteiger partial charge on any atom is -0.354 e. The van der Waals surface area contributed by atoms with Crippen molar-refractivity contribution in [1.82, 2.24) is 30.4 Å². The second-order valence-electron chi connectivity index (χ2n) is 6.04. The predicted molar refractivity (Wildman–Crippen MR) is 85.3 cm³/mol. The van der Waals surface area contributed by atoms with Crippen LogP contribution in [0.25, 0.3) is 0 Å². The summed E-state index contributed by atoms with van der Waals surface area (Å²) in [4.78, 5) is 14.4. The highest BCUT2D eigenvalue weighted by Crippen LogP contribution is 2.18. The number of hydrogen-bond donors (Lipinski definition) is 1.